The van der Waals surface area contributed by atoms with Crippen molar-refractivity contribution in [3.8, 4) is 5.75 Å². The lowest BCUT2D eigenvalue weighted by atomic mass is 9.87. The number of carbonyl (C=O) groups excluding carboxylic acids is 2. The number of halogens is 1. The van der Waals surface area contributed by atoms with Crippen LogP contribution in [0.1, 0.15) is 59.4 Å². The molecular formula is C30H35FN4O4. The van der Waals surface area contributed by atoms with Crippen molar-refractivity contribution < 1.29 is 23.1 Å². The van der Waals surface area contributed by atoms with Crippen LogP contribution in [0.15, 0.2) is 53.1 Å². The van der Waals surface area contributed by atoms with Gasteiger partial charge in [-0.15, -0.1) is 0 Å². The Morgan fingerprint density at radius 3 is 2.54 bits per heavy atom. The van der Waals surface area contributed by atoms with Crippen LogP contribution in [0, 0.1) is 11.7 Å². The standard InChI is InChI=1S/C30H35FN4O4/c1-20(2)16-28(36)35-11-10-21-6-9-24(17-25(21)29(35)22-4-7-23(31)8-5-22)38-19-27-32-26(18-39-27)30(37)34-14-12-33(3)13-15-34/h4-9,17-18,20,29H,10-16,19H2,1-3H3. The largest absolute Gasteiger partial charge is 0.484 e. The second kappa shape index (κ2) is 11.6. The Labute approximate surface area is 228 Å². The first kappa shape index (κ1) is 26.9. The van der Waals surface area contributed by atoms with Crippen LogP contribution in [0.5, 0.6) is 5.75 Å². The Morgan fingerprint density at radius 1 is 1.08 bits per heavy atom. The van der Waals surface area contributed by atoms with Gasteiger partial charge in [-0.2, -0.15) is 0 Å². The summed E-state index contributed by atoms with van der Waals surface area (Å²) in [6, 6.07) is 11.9. The lowest BCUT2D eigenvalue weighted by molar-refractivity contribution is -0.134. The first-order chi connectivity index (χ1) is 18.8. The molecule has 0 bridgehead atoms. The van der Waals surface area contributed by atoms with Gasteiger partial charge < -0.3 is 23.9 Å². The van der Waals surface area contributed by atoms with E-state index in [0.29, 0.717) is 37.7 Å². The molecule has 1 aromatic heterocycles. The molecular weight excluding hydrogens is 499 g/mol. The summed E-state index contributed by atoms with van der Waals surface area (Å²) in [6.07, 6.45) is 2.56. The molecule has 9 heteroatoms. The number of aromatic nitrogens is 1. The van der Waals surface area contributed by atoms with Crippen LogP contribution in [0.4, 0.5) is 4.39 Å². The van der Waals surface area contributed by atoms with Crippen molar-refractivity contribution in [2.45, 2.75) is 39.3 Å². The fraction of sp³-hybridized carbons (Fsp3) is 0.433. The molecule has 0 saturated carbocycles. The molecule has 5 rings (SSSR count). The minimum absolute atomic E-state index is 0.0615. The Bertz CT molecular complexity index is 1310. The van der Waals surface area contributed by atoms with Crippen LogP contribution in [-0.2, 0) is 17.8 Å². The van der Waals surface area contributed by atoms with Crippen molar-refractivity contribution >= 4 is 11.8 Å². The number of carbonyl (C=O) groups is 2. The molecule has 0 aliphatic carbocycles. The summed E-state index contributed by atoms with van der Waals surface area (Å²) >= 11 is 0. The van der Waals surface area contributed by atoms with E-state index in [9.17, 15) is 14.0 Å². The number of likely N-dealkylation sites (N-methyl/N-ethyl adjacent to an activating group) is 1. The van der Waals surface area contributed by atoms with Crippen molar-refractivity contribution in [1.82, 2.24) is 19.7 Å². The summed E-state index contributed by atoms with van der Waals surface area (Å²) in [6.45, 7) is 7.70. The molecule has 1 saturated heterocycles. The van der Waals surface area contributed by atoms with Gasteiger partial charge in [0.2, 0.25) is 11.8 Å². The zero-order valence-corrected chi connectivity index (χ0v) is 22.7. The molecule has 2 aliphatic heterocycles. The van der Waals surface area contributed by atoms with Crippen LogP contribution in [0.25, 0.3) is 0 Å². The van der Waals surface area contributed by atoms with E-state index in [1.807, 2.05) is 44.0 Å². The average Bonchev–Trinajstić information content (AvgIpc) is 3.40. The van der Waals surface area contributed by atoms with Gasteiger partial charge in [0, 0.05) is 39.1 Å². The Kier molecular flexibility index (Phi) is 7.97. The van der Waals surface area contributed by atoms with Crippen LogP contribution in [-0.4, -0.2) is 71.3 Å². The van der Waals surface area contributed by atoms with Gasteiger partial charge in [0.05, 0.1) is 6.04 Å². The highest BCUT2D eigenvalue weighted by Crippen LogP contribution is 2.38. The fourth-order valence-corrected chi connectivity index (χ4v) is 5.21. The molecule has 2 aliphatic rings. The van der Waals surface area contributed by atoms with E-state index in [2.05, 4.69) is 9.88 Å². The van der Waals surface area contributed by atoms with E-state index in [-0.39, 0.29) is 41.9 Å². The highest BCUT2D eigenvalue weighted by Gasteiger charge is 2.32. The highest BCUT2D eigenvalue weighted by molar-refractivity contribution is 5.92. The maximum absolute atomic E-state index is 13.7. The Hall–Kier alpha value is -3.72. The molecule has 2 amide bonds. The molecule has 1 atom stereocenters. The first-order valence-corrected chi connectivity index (χ1v) is 13.5. The number of fused-ring (bicyclic) bond motifs is 1. The predicted octanol–water partition coefficient (Wildman–Crippen LogP) is 4.30. The van der Waals surface area contributed by atoms with E-state index in [1.165, 1.54) is 18.4 Å². The highest BCUT2D eigenvalue weighted by atomic mass is 19.1. The van der Waals surface area contributed by atoms with E-state index in [4.69, 9.17) is 9.15 Å². The molecule has 39 heavy (non-hydrogen) atoms. The number of benzene rings is 2. The molecule has 8 nitrogen and oxygen atoms in total. The summed E-state index contributed by atoms with van der Waals surface area (Å²) < 4.78 is 25.3. The van der Waals surface area contributed by atoms with E-state index >= 15 is 0 Å². The zero-order valence-electron chi connectivity index (χ0n) is 22.7. The van der Waals surface area contributed by atoms with Gasteiger partial charge >= 0.3 is 0 Å². The number of piperazine rings is 1. The van der Waals surface area contributed by atoms with Gasteiger partial charge in [-0.1, -0.05) is 32.0 Å². The number of ether oxygens (including phenoxy) is 1. The first-order valence-electron chi connectivity index (χ1n) is 13.5. The summed E-state index contributed by atoms with van der Waals surface area (Å²) in [5.74, 6) is 0.770. The van der Waals surface area contributed by atoms with Gasteiger partial charge in [0.1, 0.15) is 17.8 Å². The van der Waals surface area contributed by atoms with Gasteiger partial charge in [0.25, 0.3) is 5.91 Å². The quantitative estimate of drug-likeness (QED) is 0.450. The van der Waals surface area contributed by atoms with Gasteiger partial charge in [-0.05, 0) is 60.3 Å². The van der Waals surface area contributed by atoms with Crippen LogP contribution >= 0.6 is 0 Å². The summed E-state index contributed by atoms with van der Waals surface area (Å²) in [5, 5.41) is 0. The molecule has 2 aromatic carbocycles. The Balaban J connectivity index is 1.33. The second-order valence-electron chi connectivity index (χ2n) is 10.8. The number of rotatable bonds is 7. The van der Waals surface area contributed by atoms with Crippen molar-refractivity contribution in [2.24, 2.45) is 5.92 Å². The van der Waals surface area contributed by atoms with Gasteiger partial charge in [-0.25, -0.2) is 9.37 Å². The van der Waals surface area contributed by atoms with Gasteiger partial charge in [-0.3, -0.25) is 9.59 Å². The number of oxazole rings is 1. The zero-order chi connectivity index (χ0) is 27.5. The number of hydrogen-bond donors (Lipinski definition) is 0. The van der Waals surface area contributed by atoms with Crippen LogP contribution in [0.2, 0.25) is 0 Å². The smallest absolute Gasteiger partial charge is 0.275 e. The molecule has 1 fully saturated rings. The summed E-state index contributed by atoms with van der Waals surface area (Å²) in [4.78, 5) is 36.2. The number of nitrogens with zero attached hydrogens (tertiary/aromatic N) is 4. The molecule has 1 unspecified atom stereocenters. The van der Waals surface area contributed by atoms with Crippen molar-refractivity contribution in [3.05, 3.63) is 82.8 Å². The lowest BCUT2D eigenvalue weighted by Gasteiger charge is -2.38. The molecule has 3 heterocycles. The SMILES string of the molecule is CC(C)CC(=O)N1CCc2ccc(OCc3nc(C(=O)N4CCN(C)CC4)co3)cc2C1c1ccc(F)cc1. The van der Waals surface area contributed by atoms with Crippen LogP contribution in [0.3, 0.4) is 0 Å². The predicted molar refractivity (Wildman–Crippen MR) is 144 cm³/mol. The minimum atomic E-state index is -0.335. The van der Waals surface area contributed by atoms with Crippen molar-refractivity contribution in [2.75, 3.05) is 39.8 Å². The normalized spacial score (nSPS) is 17.8. The molecule has 0 spiro atoms. The van der Waals surface area contributed by atoms with Crippen molar-refractivity contribution in [1.29, 1.82) is 0 Å². The van der Waals surface area contributed by atoms with E-state index in [1.54, 1.807) is 17.0 Å². The second-order valence-corrected chi connectivity index (χ2v) is 10.8. The maximum Gasteiger partial charge on any atom is 0.275 e. The summed E-state index contributed by atoms with van der Waals surface area (Å²) in [7, 11) is 2.04. The number of hydrogen-bond acceptors (Lipinski definition) is 6. The fourth-order valence-electron chi connectivity index (χ4n) is 5.21. The van der Waals surface area contributed by atoms with Crippen molar-refractivity contribution in [3.63, 3.8) is 0 Å². The molecule has 0 N–H and O–H groups in total. The summed E-state index contributed by atoms with van der Waals surface area (Å²) in [5.41, 5.74) is 3.22. The van der Waals surface area contributed by atoms with Gasteiger partial charge in [0.15, 0.2) is 12.3 Å². The monoisotopic (exact) mass is 534 g/mol. The maximum atomic E-state index is 13.7. The van der Waals surface area contributed by atoms with E-state index < -0.39 is 0 Å². The molecule has 206 valence electrons. The topological polar surface area (TPSA) is 79.1 Å². The average molecular weight is 535 g/mol. The van der Waals surface area contributed by atoms with Crippen LogP contribution < -0.4 is 4.74 Å². The minimum Gasteiger partial charge on any atom is -0.484 e. The third-order valence-corrected chi connectivity index (χ3v) is 7.36. The number of amides is 2. The third kappa shape index (κ3) is 6.14. The lowest BCUT2D eigenvalue weighted by Crippen LogP contribution is -2.47. The Morgan fingerprint density at radius 2 is 1.82 bits per heavy atom. The molecule has 0 radical (unpaired) electrons. The van der Waals surface area contributed by atoms with E-state index in [0.717, 1.165) is 36.2 Å². The third-order valence-electron chi connectivity index (χ3n) is 7.36. The molecule has 3 aromatic rings.